The third-order valence-electron chi connectivity index (χ3n) is 4.26. The molecule has 0 unspecified atom stereocenters. The van der Waals surface area contributed by atoms with Crippen LogP contribution in [0.5, 0.6) is 5.75 Å². The number of H-pyrrole nitrogens is 1. The second-order valence-electron chi connectivity index (χ2n) is 6.31. The number of Topliss-reactive ketones (excluding diaryl/α,β-unsaturated/α-hetero) is 1. The monoisotopic (exact) mass is 419 g/mol. The molecule has 0 aliphatic carbocycles. The molecule has 0 bridgehead atoms. The normalized spacial score (nSPS) is 11.6. The first-order valence-electron chi connectivity index (χ1n) is 9.15. The highest BCUT2D eigenvalue weighted by atomic mass is 32.2. The largest absolute Gasteiger partial charge is 0.497 e. The summed E-state index contributed by atoms with van der Waals surface area (Å²) in [5.41, 5.74) is 1.61. The molecule has 1 aromatic heterocycles. The standard InChI is InChI=1S/C21H25NO6S/c1-6-27-21(25)18-12(2)19(22-13(18)3)20(24)14(4)28-17(23)11-29-16-9-7-15(26-5)8-10-16/h7-10,14,22H,6,11H2,1-5H3/t14-/m0/s1. The molecule has 0 fully saturated rings. The van der Waals surface area contributed by atoms with Crippen molar-refractivity contribution in [2.24, 2.45) is 0 Å². The lowest BCUT2D eigenvalue weighted by Crippen LogP contribution is -2.26. The van der Waals surface area contributed by atoms with Crippen LogP contribution in [0.3, 0.4) is 0 Å². The maximum atomic E-state index is 12.7. The van der Waals surface area contributed by atoms with Crippen LogP contribution in [0.4, 0.5) is 0 Å². The number of hydrogen-bond donors (Lipinski definition) is 1. The lowest BCUT2D eigenvalue weighted by atomic mass is 10.1. The van der Waals surface area contributed by atoms with Gasteiger partial charge in [0, 0.05) is 10.6 Å². The molecule has 29 heavy (non-hydrogen) atoms. The minimum atomic E-state index is -0.981. The summed E-state index contributed by atoms with van der Waals surface area (Å²) in [5, 5.41) is 0. The second kappa shape index (κ2) is 10.2. The van der Waals surface area contributed by atoms with E-state index in [0.717, 1.165) is 10.6 Å². The van der Waals surface area contributed by atoms with Crippen LogP contribution in [-0.2, 0) is 14.3 Å². The Bertz CT molecular complexity index is 887. The lowest BCUT2D eigenvalue weighted by molar-refractivity contribution is -0.143. The number of esters is 2. The highest BCUT2D eigenvalue weighted by Gasteiger charge is 2.27. The van der Waals surface area contributed by atoms with Gasteiger partial charge in [-0.05, 0) is 57.5 Å². The smallest absolute Gasteiger partial charge is 0.340 e. The third kappa shape index (κ3) is 5.63. The van der Waals surface area contributed by atoms with E-state index in [4.69, 9.17) is 14.2 Å². The number of thioether (sulfide) groups is 1. The van der Waals surface area contributed by atoms with Crippen LogP contribution in [0.2, 0.25) is 0 Å². The van der Waals surface area contributed by atoms with Crippen LogP contribution in [-0.4, -0.2) is 48.3 Å². The molecule has 2 aromatic rings. The van der Waals surface area contributed by atoms with Crippen LogP contribution in [0.15, 0.2) is 29.2 Å². The summed E-state index contributed by atoms with van der Waals surface area (Å²) < 4.78 is 15.4. The maximum Gasteiger partial charge on any atom is 0.340 e. The molecule has 0 spiro atoms. The molecule has 8 heteroatoms. The topological polar surface area (TPSA) is 94.7 Å². The summed E-state index contributed by atoms with van der Waals surface area (Å²) >= 11 is 1.31. The average Bonchev–Trinajstić information content (AvgIpc) is 3.00. The van der Waals surface area contributed by atoms with Crippen molar-refractivity contribution in [3.63, 3.8) is 0 Å². The van der Waals surface area contributed by atoms with Gasteiger partial charge >= 0.3 is 11.9 Å². The third-order valence-corrected chi connectivity index (χ3v) is 5.24. The Labute approximate surface area is 174 Å². The number of hydrogen-bond acceptors (Lipinski definition) is 7. The fourth-order valence-corrected chi connectivity index (χ4v) is 3.49. The van der Waals surface area contributed by atoms with Crippen LogP contribution >= 0.6 is 11.8 Å². The van der Waals surface area contributed by atoms with E-state index in [0.29, 0.717) is 16.8 Å². The molecule has 1 N–H and O–H groups in total. The van der Waals surface area contributed by atoms with Gasteiger partial charge < -0.3 is 19.2 Å². The number of ketones is 1. The lowest BCUT2D eigenvalue weighted by Gasteiger charge is -2.12. The summed E-state index contributed by atoms with van der Waals surface area (Å²) in [6, 6.07) is 7.29. The van der Waals surface area contributed by atoms with Gasteiger partial charge in [-0.2, -0.15) is 0 Å². The highest BCUT2D eigenvalue weighted by molar-refractivity contribution is 8.00. The van der Waals surface area contributed by atoms with E-state index in [1.165, 1.54) is 18.7 Å². The first-order valence-corrected chi connectivity index (χ1v) is 10.1. The van der Waals surface area contributed by atoms with E-state index in [1.54, 1.807) is 40.0 Å². The van der Waals surface area contributed by atoms with E-state index in [9.17, 15) is 14.4 Å². The van der Waals surface area contributed by atoms with Crippen molar-refractivity contribution in [3.05, 3.63) is 46.8 Å². The summed E-state index contributed by atoms with van der Waals surface area (Å²) in [6.45, 7) is 6.83. The minimum absolute atomic E-state index is 0.0702. The van der Waals surface area contributed by atoms with Crippen LogP contribution in [0, 0.1) is 13.8 Å². The first kappa shape index (κ1) is 22.5. The van der Waals surface area contributed by atoms with Crippen LogP contribution in [0.1, 0.15) is 46.0 Å². The van der Waals surface area contributed by atoms with Crippen molar-refractivity contribution in [1.82, 2.24) is 4.98 Å². The predicted molar refractivity (Wildman–Crippen MR) is 110 cm³/mol. The van der Waals surface area contributed by atoms with E-state index >= 15 is 0 Å². The number of aromatic amines is 1. The number of carbonyl (C=O) groups excluding carboxylic acids is 3. The molecule has 0 amide bonds. The zero-order valence-corrected chi connectivity index (χ0v) is 18.0. The van der Waals surface area contributed by atoms with Gasteiger partial charge in [-0.1, -0.05) is 0 Å². The molecule has 1 aromatic carbocycles. The van der Waals surface area contributed by atoms with E-state index in [-0.39, 0.29) is 18.1 Å². The molecule has 2 rings (SSSR count). The molecule has 0 radical (unpaired) electrons. The molecule has 7 nitrogen and oxygen atoms in total. The van der Waals surface area contributed by atoms with Gasteiger partial charge in [-0.25, -0.2) is 4.79 Å². The van der Waals surface area contributed by atoms with Crippen molar-refractivity contribution >= 4 is 29.5 Å². The number of carbonyl (C=O) groups is 3. The molecular weight excluding hydrogens is 394 g/mol. The van der Waals surface area contributed by atoms with Crippen LogP contribution < -0.4 is 4.74 Å². The number of rotatable bonds is 9. The Morgan fingerprint density at radius 3 is 2.38 bits per heavy atom. The van der Waals surface area contributed by atoms with Crippen molar-refractivity contribution in [2.45, 2.75) is 38.7 Å². The summed E-state index contributed by atoms with van der Waals surface area (Å²) in [7, 11) is 1.58. The quantitative estimate of drug-likeness (QED) is 0.376. The molecular formula is C21H25NO6S. The zero-order chi connectivity index (χ0) is 21.6. The number of aromatic nitrogens is 1. The van der Waals surface area contributed by atoms with Gasteiger partial charge in [0.1, 0.15) is 5.75 Å². The van der Waals surface area contributed by atoms with Gasteiger partial charge in [0.05, 0.1) is 30.7 Å². The van der Waals surface area contributed by atoms with E-state index in [1.807, 2.05) is 12.1 Å². The number of aryl methyl sites for hydroxylation is 1. The predicted octanol–water partition coefficient (Wildman–Crippen LogP) is 3.72. The Kier molecular flexibility index (Phi) is 7.90. The fraction of sp³-hybridized carbons (Fsp3) is 0.381. The van der Waals surface area contributed by atoms with Gasteiger partial charge in [0.2, 0.25) is 5.78 Å². The molecule has 0 saturated carbocycles. The average molecular weight is 419 g/mol. The van der Waals surface area contributed by atoms with E-state index < -0.39 is 23.8 Å². The Morgan fingerprint density at radius 1 is 1.14 bits per heavy atom. The number of nitrogens with one attached hydrogen (secondary N) is 1. The van der Waals surface area contributed by atoms with Crippen LogP contribution in [0.25, 0.3) is 0 Å². The molecule has 0 saturated heterocycles. The first-order chi connectivity index (χ1) is 13.8. The number of ether oxygens (including phenoxy) is 3. The Morgan fingerprint density at radius 2 is 1.79 bits per heavy atom. The van der Waals surface area contributed by atoms with Gasteiger partial charge in [0.25, 0.3) is 0 Å². The molecule has 156 valence electrons. The fourth-order valence-electron chi connectivity index (χ4n) is 2.81. The molecule has 1 heterocycles. The van der Waals surface area contributed by atoms with Gasteiger partial charge in [0.15, 0.2) is 6.10 Å². The molecule has 1 atom stereocenters. The maximum absolute atomic E-state index is 12.7. The van der Waals surface area contributed by atoms with E-state index in [2.05, 4.69) is 4.98 Å². The van der Waals surface area contributed by atoms with Gasteiger partial charge in [-0.15, -0.1) is 11.8 Å². The Hall–Kier alpha value is -2.74. The molecule has 0 aliphatic rings. The van der Waals surface area contributed by atoms with Crippen molar-refractivity contribution in [2.75, 3.05) is 19.5 Å². The zero-order valence-electron chi connectivity index (χ0n) is 17.2. The van der Waals surface area contributed by atoms with Gasteiger partial charge in [-0.3, -0.25) is 9.59 Å². The highest BCUT2D eigenvalue weighted by Crippen LogP contribution is 2.23. The van der Waals surface area contributed by atoms with Crippen molar-refractivity contribution in [3.8, 4) is 5.75 Å². The SMILES string of the molecule is CCOC(=O)c1c(C)[nH]c(C(=O)[C@H](C)OC(=O)CSc2ccc(OC)cc2)c1C. The number of methoxy groups -OCH3 is 1. The number of benzene rings is 1. The summed E-state index contributed by atoms with van der Waals surface area (Å²) in [4.78, 5) is 40.7. The Balaban J connectivity index is 1.98. The minimum Gasteiger partial charge on any atom is -0.497 e. The second-order valence-corrected chi connectivity index (χ2v) is 7.35. The van der Waals surface area contributed by atoms with Crippen molar-refractivity contribution < 1.29 is 28.6 Å². The summed E-state index contributed by atoms with van der Waals surface area (Å²) in [6.07, 6.45) is -0.981. The summed E-state index contributed by atoms with van der Waals surface area (Å²) in [5.74, 6) is -0.587. The van der Waals surface area contributed by atoms with Crippen molar-refractivity contribution in [1.29, 1.82) is 0 Å². The molecule has 0 aliphatic heterocycles.